The third-order valence-corrected chi connectivity index (χ3v) is 2.97. The Kier molecular flexibility index (Phi) is 11.1. The van der Waals surface area contributed by atoms with E-state index in [0.29, 0.717) is 0 Å². The summed E-state index contributed by atoms with van der Waals surface area (Å²) in [6.07, 6.45) is 12.5. The second kappa shape index (κ2) is 10.6. The maximum absolute atomic E-state index is 10.7. The Morgan fingerprint density at radius 3 is 1.56 bits per heavy atom. The van der Waals surface area contributed by atoms with Crippen molar-refractivity contribution in [3.8, 4) is 12.8 Å². The van der Waals surface area contributed by atoms with Crippen molar-refractivity contribution in [2.75, 3.05) is 0 Å². The fraction of sp³-hybridized carbons (Fsp3) is 0.714. The van der Waals surface area contributed by atoms with Gasteiger partial charge in [0.2, 0.25) is 0 Å². The molecule has 1 saturated carbocycles. The van der Waals surface area contributed by atoms with Crippen molar-refractivity contribution in [3.63, 3.8) is 0 Å². The van der Waals surface area contributed by atoms with Gasteiger partial charge in [-0.25, -0.2) is 0 Å². The monoisotopic (exact) mass is 256 g/mol. The molecule has 0 aliphatic heterocycles. The summed E-state index contributed by atoms with van der Waals surface area (Å²) in [5.74, 6) is -1.76. The smallest absolute Gasteiger partial charge is 0.303 e. The summed E-state index contributed by atoms with van der Waals surface area (Å²) in [5, 5.41) is 17.5. The van der Waals surface area contributed by atoms with Crippen LogP contribution in [0, 0.1) is 18.3 Å². The molecule has 104 valence electrons. The number of carboxylic acid groups (broad SMARTS) is 2. The molecule has 0 unspecified atom stereocenters. The van der Waals surface area contributed by atoms with Crippen LogP contribution in [0.1, 0.15) is 58.8 Å². The van der Waals surface area contributed by atoms with E-state index in [-0.39, 0.29) is 12.8 Å². The molecule has 1 rings (SSSR count). The highest BCUT2D eigenvalue weighted by molar-refractivity contribution is 5.72. The van der Waals surface area contributed by atoms with Crippen molar-refractivity contribution < 1.29 is 19.8 Å². The number of carbonyl (C=O) groups is 2. The van der Waals surface area contributed by atoms with Gasteiger partial charge in [0.05, 0.1) is 12.8 Å². The molecule has 0 radical (unpaired) electrons. The average molecular weight is 256 g/mol. The number of rotatable bonds is 4. The fourth-order valence-electron chi connectivity index (χ4n) is 2.36. The van der Waals surface area contributed by atoms with E-state index in [1.54, 1.807) is 0 Å². The minimum atomic E-state index is -0.881. The molecule has 0 aromatic carbocycles. The molecule has 18 heavy (non-hydrogen) atoms. The van der Waals surface area contributed by atoms with E-state index in [9.17, 15) is 9.59 Å². The zero-order valence-corrected chi connectivity index (χ0v) is 11.3. The summed E-state index contributed by atoms with van der Waals surface area (Å²) in [5.41, 5.74) is -0.476. The van der Waals surface area contributed by atoms with Crippen molar-refractivity contribution in [1.29, 1.82) is 0 Å². The molecule has 1 aliphatic carbocycles. The van der Waals surface area contributed by atoms with E-state index < -0.39 is 17.4 Å². The molecule has 0 saturated heterocycles. The summed E-state index contributed by atoms with van der Waals surface area (Å²) in [7, 11) is 0. The average Bonchev–Trinajstić information content (AvgIpc) is 2.33. The molecule has 0 aromatic rings. The van der Waals surface area contributed by atoms with Gasteiger partial charge in [-0.15, -0.1) is 12.8 Å². The van der Waals surface area contributed by atoms with E-state index in [1.807, 2.05) is 13.8 Å². The molecule has 0 atom stereocenters. The Morgan fingerprint density at radius 2 is 1.28 bits per heavy atom. The van der Waals surface area contributed by atoms with Crippen LogP contribution in [0.15, 0.2) is 0 Å². The van der Waals surface area contributed by atoms with Gasteiger partial charge >= 0.3 is 11.9 Å². The van der Waals surface area contributed by atoms with E-state index in [4.69, 9.17) is 10.2 Å². The summed E-state index contributed by atoms with van der Waals surface area (Å²) in [4.78, 5) is 21.3. The standard InChI is InChI=1S/C10H16O4.C2H6.C2H2/c11-8(12)6-10(7-9(13)14)4-2-1-3-5-10;2*1-2/h1-7H2,(H,11,12)(H,13,14);1-2H3;1-2H. The van der Waals surface area contributed by atoms with Crippen LogP contribution in [-0.4, -0.2) is 22.2 Å². The second-order valence-electron chi connectivity index (χ2n) is 4.20. The van der Waals surface area contributed by atoms with Crippen LogP contribution in [0.2, 0.25) is 0 Å². The quantitative estimate of drug-likeness (QED) is 0.758. The summed E-state index contributed by atoms with van der Waals surface area (Å²) < 4.78 is 0. The lowest BCUT2D eigenvalue weighted by Gasteiger charge is -2.34. The van der Waals surface area contributed by atoms with E-state index in [0.717, 1.165) is 32.1 Å². The first-order valence-electron chi connectivity index (χ1n) is 6.31. The van der Waals surface area contributed by atoms with E-state index >= 15 is 0 Å². The van der Waals surface area contributed by atoms with Crippen LogP contribution in [0.4, 0.5) is 0 Å². The molecule has 0 bridgehead atoms. The highest BCUT2D eigenvalue weighted by Crippen LogP contribution is 2.42. The molecule has 2 N–H and O–H groups in total. The molecule has 4 nitrogen and oxygen atoms in total. The molecule has 4 heteroatoms. The van der Waals surface area contributed by atoms with Crippen LogP contribution in [0.3, 0.4) is 0 Å². The highest BCUT2D eigenvalue weighted by atomic mass is 16.4. The highest BCUT2D eigenvalue weighted by Gasteiger charge is 2.36. The van der Waals surface area contributed by atoms with Crippen molar-refractivity contribution in [2.45, 2.75) is 58.8 Å². The predicted octanol–water partition coefficient (Wildman–Crippen LogP) is 3.16. The van der Waals surface area contributed by atoms with Crippen molar-refractivity contribution in [1.82, 2.24) is 0 Å². The third kappa shape index (κ3) is 7.72. The zero-order valence-electron chi connectivity index (χ0n) is 11.3. The first-order valence-corrected chi connectivity index (χ1v) is 6.31. The van der Waals surface area contributed by atoms with Gasteiger partial charge in [-0.1, -0.05) is 33.1 Å². The van der Waals surface area contributed by atoms with Gasteiger partial charge in [-0.3, -0.25) is 9.59 Å². The first-order chi connectivity index (χ1) is 8.54. The van der Waals surface area contributed by atoms with Gasteiger partial charge < -0.3 is 10.2 Å². The SMILES string of the molecule is C#C.CC.O=C(O)CC1(CC(=O)O)CCCCC1. The van der Waals surface area contributed by atoms with Gasteiger partial charge in [0.1, 0.15) is 0 Å². The minimum absolute atomic E-state index is 0.000694. The third-order valence-electron chi connectivity index (χ3n) is 2.97. The van der Waals surface area contributed by atoms with Crippen molar-refractivity contribution in [3.05, 3.63) is 0 Å². The summed E-state index contributed by atoms with van der Waals surface area (Å²) in [6, 6.07) is 0. The second-order valence-corrected chi connectivity index (χ2v) is 4.20. The number of carboxylic acids is 2. The Balaban J connectivity index is 0. The maximum Gasteiger partial charge on any atom is 0.303 e. The van der Waals surface area contributed by atoms with Crippen LogP contribution in [0.25, 0.3) is 0 Å². The molecule has 0 aromatic heterocycles. The maximum atomic E-state index is 10.7. The van der Waals surface area contributed by atoms with Gasteiger partial charge in [0, 0.05) is 0 Å². The molecule has 0 spiro atoms. The van der Waals surface area contributed by atoms with Crippen LogP contribution >= 0.6 is 0 Å². The Labute approximate surface area is 109 Å². The lowest BCUT2D eigenvalue weighted by molar-refractivity contribution is -0.144. The topological polar surface area (TPSA) is 74.6 Å². The van der Waals surface area contributed by atoms with Gasteiger partial charge in [0.25, 0.3) is 0 Å². The lowest BCUT2D eigenvalue weighted by Crippen LogP contribution is -2.30. The van der Waals surface area contributed by atoms with Crippen LogP contribution < -0.4 is 0 Å². The summed E-state index contributed by atoms with van der Waals surface area (Å²) >= 11 is 0. The minimum Gasteiger partial charge on any atom is -0.481 e. The first kappa shape index (κ1) is 18.9. The predicted molar refractivity (Wildman–Crippen MR) is 71.3 cm³/mol. The fourth-order valence-corrected chi connectivity index (χ4v) is 2.36. The van der Waals surface area contributed by atoms with Crippen molar-refractivity contribution >= 4 is 11.9 Å². The zero-order chi connectivity index (χ0) is 14.6. The molecule has 0 heterocycles. The van der Waals surface area contributed by atoms with E-state index in [1.165, 1.54) is 0 Å². The van der Waals surface area contributed by atoms with Crippen molar-refractivity contribution in [2.24, 2.45) is 5.41 Å². The van der Waals surface area contributed by atoms with Gasteiger partial charge in [0.15, 0.2) is 0 Å². The number of hydrogen-bond donors (Lipinski definition) is 2. The van der Waals surface area contributed by atoms with Crippen LogP contribution in [0.5, 0.6) is 0 Å². The van der Waals surface area contributed by atoms with Gasteiger partial charge in [-0.05, 0) is 18.3 Å². The molecule has 1 fully saturated rings. The summed E-state index contributed by atoms with van der Waals surface area (Å²) in [6.45, 7) is 4.00. The molecular formula is C14H24O4. The van der Waals surface area contributed by atoms with Gasteiger partial charge in [-0.2, -0.15) is 0 Å². The lowest BCUT2D eigenvalue weighted by atomic mass is 9.70. The largest absolute Gasteiger partial charge is 0.481 e. The molecule has 1 aliphatic rings. The van der Waals surface area contributed by atoms with E-state index in [2.05, 4.69) is 12.8 Å². The molecule has 0 amide bonds. The number of hydrogen-bond acceptors (Lipinski definition) is 2. The Bertz CT molecular complexity index is 244. The Morgan fingerprint density at radius 1 is 0.944 bits per heavy atom. The Hall–Kier alpha value is -1.50. The number of aliphatic carboxylic acids is 2. The van der Waals surface area contributed by atoms with Crippen LogP contribution in [-0.2, 0) is 9.59 Å². The normalized spacial score (nSPS) is 16.2. The molecular weight excluding hydrogens is 232 g/mol. The number of terminal acetylenes is 1.